The summed E-state index contributed by atoms with van der Waals surface area (Å²) in [6.07, 6.45) is 0.818. The lowest BCUT2D eigenvalue weighted by Gasteiger charge is -2.30. The monoisotopic (exact) mass is 221 g/mol. The normalized spacial score (nSPS) is 19.6. The molecule has 0 spiro atoms. The molecule has 1 fully saturated rings. The molecule has 1 aromatic carbocycles. The third-order valence-corrected chi connectivity index (χ3v) is 2.66. The molecule has 1 saturated heterocycles. The molecule has 0 radical (unpaired) electrons. The molecule has 16 heavy (non-hydrogen) atoms. The second-order valence-corrected chi connectivity index (χ2v) is 4.02. The molecule has 1 heterocycles. The fourth-order valence-corrected chi connectivity index (χ4v) is 1.84. The fraction of sp³-hybridized carbons (Fsp3) is 0.500. The Morgan fingerprint density at radius 2 is 1.94 bits per heavy atom. The van der Waals surface area contributed by atoms with Gasteiger partial charge in [-0.05, 0) is 5.56 Å². The average molecular weight is 221 g/mol. The molecule has 0 saturated carbocycles. The molecular weight excluding hydrogens is 202 g/mol. The van der Waals surface area contributed by atoms with Crippen LogP contribution in [0.1, 0.15) is 5.56 Å². The number of hydrogen-bond acceptors (Lipinski definition) is 4. The first-order valence-electron chi connectivity index (χ1n) is 5.73. The number of benzene rings is 1. The van der Waals surface area contributed by atoms with Crippen molar-refractivity contribution in [3.05, 3.63) is 35.9 Å². The Hall–Kier alpha value is -0.940. The summed E-state index contributed by atoms with van der Waals surface area (Å²) < 4.78 is 5.28. The molecular formula is C12H19N3O. The largest absolute Gasteiger partial charge is 0.379 e. The number of hydrogen-bond donors (Lipinski definition) is 2. The van der Waals surface area contributed by atoms with Gasteiger partial charge in [0.2, 0.25) is 0 Å². The lowest BCUT2D eigenvalue weighted by molar-refractivity contribution is 0.00412. The first-order valence-corrected chi connectivity index (χ1v) is 5.73. The molecule has 0 aliphatic carbocycles. The van der Waals surface area contributed by atoms with Crippen molar-refractivity contribution in [2.45, 2.75) is 12.6 Å². The molecule has 4 nitrogen and oxygen atoms in total. The molecule has 2 rings (SSSR count). The molecule has 1 aliphatic heterocycles. The van der Waals surface area contributed by atoms with Gasteiger partial charge >= 0.3 is 0 Å². The van der Waals surface area contributed by atoms with Gasteiger partial charge in [-0.15, -0.1) is 0 Å². The summed E-state index contributed by atoms with van der Waals surface area (Å²) in [7, 11) is 0. The van der Waals surface area contributed by atoms with Crippen LogP contribution in [0.4, 0.5) is 0 Å². The van der Waals surface area contributed by atoms with Crippen LogP contribution in [0, 0.1) is 0 Å². The maximum absolute atomic E-state index is 6.04. The quantitative estimate of drug-likeness (QED) is 0.720. The Labute approximate surface area is 96.3 Å². The smallest absolute Gasteiger partial charge is 0.0722 e. The summed E-state index contributed by atoms with van der Waals surface area (Å²) in [5.41, 5.74) is 10.6. The Kier molecular flexibility index (Phi) is 4.30. The van der Waals surface area contributed by atoms with Crippen molar-refractivity contribution in [3.8, 4) is 0 Å². The van der Waals surface area contributed by atoms with Crippen molar-refractivity contribution >= 4 is 0 Å². The van der Waals surface area contributed by atoms with Gasteiger partial charge in [0.1, 0.15) is 0 Å². The predicted octanol–water partition coefficient (Wildman–Crippen LogP) is 0.351. The van der Waals surface area contributed by atoms with E-state index in [9.17, 15) is 0 Å². The topological polar surface area (TPSA) is 50.5 Å². The first kappa shape index (κ1) is 11.5. The van der Waals surface area contributed by atoms with Crippen LogP contribution in [0.15, 0.2) is 30.3 Å². The van der Waals surface area contributed by atoms with Crippen LogP contribution in [-0.2, 0) is 11.2 Å². The van der Waals surface area contributed by atoms with Gasteiger partial charge in [0.25, 0.3) is 0 Å². The van der Waals surface area contributed by atoms with Gasteiger partial charge in [0.05, 0.1) is 19.4 Å². The summed E-state index contributed by atoms with van der Waals surface area (Å²) in [5, 5.41) is 2.14. The minimum absolute atomic E-state index is 0.0273. The van der Waals surface area contributed by atoms with E-state index < -0.39 is 0 Å². The van der Waals surface area contributed by atoms with Crippen LogP contribution < -0.4 is 11.2 Å². The molecule has 3 N–H and O–H groups in total. The van der Waals surface area contributed by atoms with Crippen LogP contribution in [0.3, 0.4) is 0 Å². The van der Waals surface area contributed by atoms with E-state index in [2.05, 4.69) is 22.6 Å². The molecule has 1 aromatic rings. The second kappa shape index (κ2) is 5.96. The molecule has 0 aromatic heterocycles. The van der Waals surface area contributed by atoms with E-state index in [0.29, 0.717) is 0 Å². The molecule has 1 unspecified atom stereocenters. The highest BCUT2D eigenvalue weighted by atomic mass is 16.5. The van der Waals surface area contributed by atoms with E-state index in [1.54, 1.807) is 0 Å². The van der Waals surface area contributed by atoms with E-state index in [1.165, 1.54) is 5.56 Å². The third kappa shape index (κ3) is 3.57. The maximum Gasteiger partial charge on any atom is 0.0722 e. The zero-order chi connectivity index (χ0) is 11.2. The Morgan fingerprint density at radius 3 is 2.62 bits per heavy atom. The van der Waals surface area contributed by atoms with E-state index >= 15 is 0 Å². The van der Waals surface area contributed by atoms with Crippen molar-refractivity contribution < 1.29 is 4.74 Å². The highest BCUT2D eigenvalue weighted by molar-refractivity contribution is 5.15. The van der Waals surface area contributed by atoms with Crippen molar-refractivity contribution in [1.29, 1.82) is 0 Å². The SMILES string of the molecule is NC(Cc1ccccc1)NN1CCOCC1. The molecule has 4 heteroatoms. The molecule has 0 bridgehead atoms. The summed E-state index contributed by atoms with van der Waals surface area (Å²) in [6.45, 7) is 3.38. The summed E-state index contributed by atoms with van der Waals surface area (Å²) in [5.74, 6) is 0. The number of hydrazine groups is 1. The standard InChI is InChI=1S/C12H19N3O/c13-12(10-11-4-2-1-3-5-11)14-15-6-8-16-9-7-15/h1-5,12,14H,6-10,13H2. The van der Waals surface area contributed by atoms with Crippen molar-refractivity contribution in [2.24, 2.45) is 5.73 Å². The van der Waals surface area contributed by atoms with Gasteiger partial charge in [-0.1, -0.05) is 30.3 Å². The highest BCUT2D eigenvalue weighted by Crippen LogP contribution is 2.01. The van der Waals surface area contributed by atoms with Gasteiger partial charge in [-0.3, -0.25) is 0 Å². The second-order valence-electron chi connectivity index (χ2n) is 4.02. The van der Waals surface area contributed by atoms with Gasteiger partial charge in [-0.25, -0.2) is 10.4 Å². The number of nitrogens with two attached hydrogens (primary N) is 1. The van der Waals surface area contributed by atoms with E-state index in [-0.39, 0.29) is 6.17 Å². The lowest BCUT2D eigenvalue weighted by Crippen LogP contribution is -2.54. The minimum Gasteiger partial charge on any atom is -0.379 e. The fourth-order valence-electron chi connectivity index (χ4n) is 1.84. The Morgan fingerprint density at radius 1 is 1.25 bits per heavy atom. The van der Waals surface area contributed by atoms with Gasteiger partial charge in [0, 0.05) is 19.5 Å². The molecule has 1 aliphatic rings. The van der Waals surface area contributed by atoms with Crippen LogP contribution in [0.2, 0.25) is 0 Å². The molecule has 0 amide bonds. The van der Waals surface area contributed by atoms with Crippen molar-refractivity contribution in [2.75, 3.05) is 26.3 Å². The van der Waals surface area contributed by atoms with E-state index in [1.807, 2.05) is 18.2 Å². The first-order chi connectivity index (χ1) is 7.84. The molecule has 1 atom stereocenters. The third-order valence-electron chi connectivity index (χ3n) is 2.66. The van der Waals surface area contributed by atoms with E-state index in [4.69, 9.17) is 10.5 Å². The van der Waals surface area contributed by atoms with Gasteiger partial charge in [0.15, 0.2) is 0 Å². The predicted molar refractivity (Wildman–Crippen MR) is 63.6 cm³/mol. The summed E-state index contributed by atoms with van der Waals surface area (Å²) in [6, 6.07) is 10.3. The van der Waals surface area contributed by atoms with Crippen LogP contribution in [0.25, 0.3) is 0 Å². The Balaban J connectivity index is 1.77. The number of morpholine rings is 1. The Bertz CT molecular complexity index is 298. The van der Waals surface area contributed by atoms with Crippen LogP contribution in [-0.4, -0.2) is 37.5 Å². The number of rotatable bonds is 4. The van der Waals surface area contributed by atoms with Crippen LogP contribution in [0.5, 0.6) is 0 Å². The van der Waals surface area contributed by atoms with Crippen molar-refractivity contribution in [1.82, 2.24) is 10.4 Å². The summed E-state index contributed by atoms with van der Waals surface area (Å²) in [4.78, 5) is 0. The minimum atomic E-state index is -0.0273. The zero-order valence-electron chi connectivity index (χ0n) is 9.43. The average Bonchev–Trinajstić information content (AvgIpc) is 2.31. The number of ether oxygens (including phenoxy) is 1. The maximum atomic E-state index is 6.04. The molecule has 88 valence electrons. The summed E-state index contributed by atoms with van der Waals surface area (Å²) >= 11 is 0. The lowest BCUT2D eigenvalue weighted by atomic mass is 10.1. The van der Waals surface area contributed by atoms with E-state index in [0.717, 1.165) is 32.7 Å². The zero-order valence-corrected chi connectivity index (χ0v) is 9.43. The number of nitrogens with zero attached hydrogens (tertiary/aromatic N) is 1. The van der Waals surface area contributed by atoms with Gasteiger partial charge in [-0.2, -0.15) is 0 Å². The highest BCUT2D eigenvalue weighted by Gasteiger charge is 2.12. The van der Waals surface area contributed by atoms with Crippen molar-refractivity contribution in [3.63, 3.8) is 0 Å². The number of nitrogens with one attached hydrogen (secondary N) is 1. The van der Waals surface area contributed by atoms with Gasteiger partial charge < -0.3 is 10.5 Å². The van der Waals surface area contributed by atoms with Crippen LogP contribution >= 0.6 is 0 Å².